The highest BCUT2D eigenvalue weighted by atomic mass is 16.5. The lowest BCUT2D eigenvalue weighted by atomic mass is 10.3. The molecule has 10 heteroatoms. The van der Waals surface area contributed by atoms with E-state index in [1.165, 1.54) is 17.9 Å². The molecule has 3 aromatic rings. The van der Waals surface area contributed by atoms with E-state index in [-0.39, 0.29) is 6.54 Å². The smallest absolute Gasteiger partial charge is 0.332 e. The Morgan fingerprint density at radius 3 is 2.79 bits per heavy atom. The van der Waals surface area contributed by atoms with Gasteiger partial charge in [0.25, 0.3) is 5.56 Å². The van der Waals surface area contributed by atoms with Gasteiger partial charge < -0.3 is 19.3 Å². The van der Waals surface area contributed by atoms with Crippen LogP contribution in [0.3, 0.4) is 0 Å². The zero-order chi connectivity index (χ0) is 21.0. The molecule has 10 nitrogen and oxygen atoms in total. The van der Waals surface area contributed by atoms with E-state index in [9.17, 15) is 14.7 Å². The monoisotopic (exact) mass is 402 g/mol. The number of aryl methyl sites for hydroxylation is 1. The summed E-state index contributed by atoms with van der Waals surface area (Å²) < 4.78 is 9.59. The maximum absolute atomic E-state index is 12.5. The first kappa shape index (κ1) is 20.9. The molecule has 0 aliphatic heterocycles. The van der Waals surface area contributed by atoms with Crippen LogP contribution in [0, 0.1) is 0 Å². The molecule has 0 radical (unpaired) electrons. The topological polar surface area (TPSA) is 107 Å². The summed E-state index contributed by atoms with van der Waals surface area (Å²) in [6.45, 7) is 2.27. The number of fused-ring (bicyclic) bond motifs is 1. The number of aliphatic hydroxyl groups excluding tert-OH is 1. The van der Waals surface area contributed by atoms with Gasteiger partial charge in [-0.15, -0.1) is 0 Å². The minimum atomic E-state index is -0.710. The van der Waals surface area contributed by atoms with Gasteiger partial charge in [0, 0.05) is 39.6 Å². The van der Waals surface area contributed by atoms with Crippen LogP contribution in [0.4, 0.5) is 0 Å². The van der Waals surface area contributed by atoms with Crippen LogP contribution in [0.15, 0.2) is 40.4 Å². The number of rotatable bonds is 9. The van der Waals surface area contributed by atoms with Gasteiger partial charge in [-0.3, -0.25) is 18.9 Å². The molecule has 0 saturated heterocycles. The van der Waals surface area contributed by atoms with Gasteiger partial charge >= 0.3 is 5.69 Å². The first-order chi connectivity index (χ1) is 13.9. The van der Waals surface area contributed by atoms with E-state index in [4.69, 9.17) is 4.74 Å². The van der Waals surface area contributed by atoms with Crippen molar-refractivity contribution in [2.24, 2.45) is 14.1 Å². The van der Waals surface area contributed by atoms with Crippen molar-refractivity contribution in [2.75, 3.05) is 26.7 Å². The fraction of sp³-hybridized carbons (Fsp3) is 0.474. The average Bonchev–Trinajstić information content (AvgIpc) is 3.12. The fourth-order valence-corrected chi connectivity index (χ4v) is 3.17. The average molecular weight is 402 g/mol. The SMILES string of the molecule is CN(CCOCc1cccnc1)CC(O)Cn1cnc2c1c(=O)n(C)c(=O)n2C. The van der Waals surface area contributed by atoms with Crippen molar-refractivity contribution in [3.05, 3.63) is 57.3 Å². The van der Waals surface area contributed by atoms with Crippen molar-refractivity contribution >= 4 is 11.2 Å². The van der Waals surface area contributed by atoms with Crippen molar-refractivity contribution < 1.29 is 9.84 Å². The minimum Gasteiger partial charge on any atom is -0.390 e. The summed E-state index contributed by atoms with van der Waals surface area (Å²) in [6.07, 6.45) is 4.25. The Labute approximate surface area is 167 Å². The number of likely N-dealkylation sites (N-methyl/N-ethyl adjacent to an activating group) is 1. The molecule has 0 amide bonds. The highest BCUT2D eigenvalue weighted by molar-refractivity contribution is 5.69. The third-order valence-electron chi connectivity index (χ3n) is 4.76. The normalized spacial score (nSPS) is 12.7. The third-order valence-corrected chi connectivity index (χ3v) is 4.76. The number of aromatic nitrogens is 5. The van der Waals surface area contributed by atoms with Gasteiger partial charge in [-0.05, 0) is 18.7 Å². The number of pyridine rings is 1. The largest absolute Gasteiger partial charge is 0.390 e. The molecule has 0 aliphatic carbocycles. The summed E-state index contributed by atoms with van der Waals surface area (Å²) in [5.74, 6) is 0. The van der Waals surface area contributed by atoms with Crippen LogP contribution in [-0.2, 0) is 32.0 Å². The summed E-state index contributed by atoms with van der Waals surface area (Å²) in [4.78, 5) is 34.6. The zero-order valence-corrected chi connectivity index (χ0v) is 16.9. The number of imidazole rings is 1. The van der Waals surface area contributed by atoms with Crippen LogP contribution >= 0.6 is 0 Å². The zero-order valence-electron chi connectivity index (χ0n) is 16.9. The lowest BCUT2D eigenvalue weighted by Crippen LogP contribution is -2.38. The standard InChI is InChI=1S/C19H26N6O4/c1-22(7-8-29-12-14-5-4-6-20-9-14)10-15(26)11-25-13-21-17-16(25)18(27)24(3)19(28)23(17)2/h4-6,9,13,15,26H,7-8,10-12H2,1-3H3. The van der Waals surface area contributed by atoms with Crippen molar-refractivity contribution in [3.63, 3.8) is 0 Å². The van der Waals surface area contributed by atoms with Crippen LogP contribution in [0.2, 0.25) is 0 Å². The second kappa shape index (κ2) is 9.12. The molecule has 0 aromatic carbocycles. The molecule has 3 heterocycles. The van der Waals surface area contributed by atoms with E-state index in [2.05, 4.69) is 9.97 Å². The molecule has 3 rings (SSSR count). The molecule has 3 aromatic heterocycles. The number of hydrogen-bond donors (Lipinski definition) is 1. The quantitative estimate of drug-likeness (QED) is 0.474. The maximum atomic E-state index is 12.5. The molecule has 0 saturated carbocycles. The molecule has 0 bridgehead atoms. The predicted molar refractivity (Wildman–Crippen MR) is 108 cm³/mol. The Morgan fingerprint density at radius 2 is 2.07 bits per heavy atom. The van der Waals surface area contributed by atoms with Gasteiger partial charge in [0.1, 0.15) is 0 Å². The van der Waals surface area contributed by atoms with Gasteiger partial charge in [0.2, 0.25) is 0 Å². The van der Waals surface area contributed by atoms with E-state index in [0.717, 1.165) is 10.1 Å². The molecule has 1 atom stereocenters. The van der Waals surface area contributed by atoms with Crippen molar-refractivity contribution in [1.29, 1.82) is 0 Å². The first-order valence-corrected chi connectivity index (χ1v) is 9.32. The Hall–Kier alpha value is -2.82. The van der Waals surface area contributed by atoms with E-state index < -0.39 is 17.4 Å². The van der Waals surface area contributed by atoms with E-state index >= 15 is 0 Å². The van der Waals surface area contributed by atoms with Crippen LogP contribution in [0.5, 0.6) is 0 Å². The Bertz CT molecular complexity index is 1070. The van der Waals surface area contributed by atoms with E-state index in [1.807, 2.05) is 24.1 Å². The molecule has 29 heavy (non-hydrogen) atoms. The molecule has 0 aliphatic rings. The molecular formula is C19H26N6O4. The van der Waals surface area contributed by atoms with E-state index in [0.29, 0.717) is 37.5 Å². The Balaban J connectivity index is 1.54. The van der Waals surface area contributed by atoms with Gasteiger partial charge in [0.15, 0.2) is 11.2 Å². The van der Waals surface area contributed by atoms with Crippen LogP contribution in [0.25, 0.3) is 11.2 Å². The highest BCUT2D eigenvalue weighted by Gasteiger charge is 2.17. The van der Waals surface area contributed by atoms with Crippen molar-refractivity contribution in [1.82, 2.24) is 28.6 Å². The number of aliphatic hydroxyl groups is 1. The van der Waals surface area contributed by atoms with Crippen molar-refractivity contribution in [3.8, 4) is 0 Å². The van der Waals surface area contributed by atoms with Gasteiger partial charge in [-0.2, -0.15) is 0 Å². The number of ether oxygens (including phenoxy) is 1. The summed E-state index contributed by atoms with van der Waals surface area (Å²) in [7, 11) is 4.89. The Kier molecular flexibility index (Phi) is 6.57. The summed E-state index contributed by atoms with van der Waals surface area (Å²) in [5.41, 5.74) is 0.765. The summed E-state index contributed by atoms with van der Waals surface area (Å²) in [5, 5.41) is 10.5. The van der Waals surface area contributed by atoms with Gasteiger partial charge in [-0.25, -0.2) is 9.78 Å². The second-order valence-corrected chi connectivity index (χ2v) is 7.10. The lowest BCUT2D eigenvalue weighted by molar-refractivity contribution is 0.0715. The summed E-state index contributed by atoms with van der Waals surface area (Å²) >= 11 is 0. The molecule has 0 spiro atoms. The number of nitrogens with zero attached hydrogens (tertiary/aromatic N) is 6. The third kappa shape index (κ3) is 4.78. The molecule has 1 N–H and O–H groups in total. The van der Waals surface area contributed by atoms with Crippen LogP contribution in [-0.4, -0.2) is 66.5 Å². The first-order valence-electron chi connectivity index (χ1n) is 9.32. The molecule has 1 unspecified atom stereocenters. The molecular weight excluding hydrogens is 376 g/mol. The summed E-state index contributed by atoms with van der Waals surface area (Å²) in [6, 6.07) is 3.82. The minimum absolute atomic E-state index is 0.199. The molecule has 0 fully saturated rings. The fourth-order valence-electron chi connectivity index (χ4n) is 3.17. The second-order valence-electron chi connectivity index (χ2n) is 7.10. The highest BCUT2D eigenvalue weighted by Crippen LogP contribution is 2.07. The maximum Gasteiger partial charge on any atom is 0.332 e. The van der Waals surface area contributed by atoms with Crippen molar-refractivity contribution in [2.45, 2.75) is 19.3 Å². The van der Waals surface area contributed by atoms with Gasteiger partial charge in [0.05, 0.1) is 32.2 Å². The lowest BCUT2D eigenvalue weighted by Gasteiger charge is -2.21. The van der Waals surface area contributed by atoms with Gasteiger partial charge in [-0.1, -0.05) is 6.07 Å². The number of hydrogen-bond acceptors (Lipinski definition) is 7. The van der Waals surface area contributed by atoms with Crippen LogP contribution in [0.1, 0.15) is 5.56 Å². The van der Waals surface area contributed by atoms with Crippen LogP contribution < -0.4 is 11.2 Å². The molecule has 156 valence electrons. The van der Waals surface area contributed by atoms with E-state index in [1.54, 1.807) is 24.0 Å². The Morgan fingerprint density at radius 1 is 1.28 bits per heavy atom. The predicted octanol–water partition coefficient (Wildman–Crippen LogP) is -0.662.